The molecule has 52 valence electrons. The molecule has 0 amide bonds. The SMILES string of the molecule is ClC1[C@H]2COCOC[C@@H]12. The Morgan fingerprint density at radius 2 is 1.67 bits per heavy atom. The topological polar surface area (TPSA) is 18.5 Å². The van der Waals surface area contributed by atoms with Crippen molar-refractivity contribution in [3.8, 4) is 0 Å². The van der Waals surface area contributed by atoms with Gasteiger partial charge < -0.3 is 9.47 Å². The molecule has 1 aliphatic carbocycles. The summed E-state index contributed by atoms with van der Waals surface area (Å²) in [6, 6.07) is 0. The van der Waals surface area contributed by atoms with Crippen LogP contribution in [0.5, 0.6) is 0 Å². The Morgan fingerprint density at radius 1 is 1.11 bits per heavy atom. The second-order valence-corrected chi connectivity index (χ2v) is 3.14. The highest BCUT2D eigenvalue weighted by atomic mass is 35.5. The smallest absolute Gasteiger partial charge is 0.146 e. The molecule has 0 bridgehead atoms. The maximum absolute atomic E-state index is 5.87. The molecule has 0 aromatic rings. The third-order valence-corrected chi connectivity index (χ3v) is 2.66. The highest BCUT2D eigenvalue weighted by Gasteiger charge is 2.49. The zero-order valence-corrected chi connectivity index (χ0v) is 5.80. The van der Waals surface area contributed by atoms with Crippen molar-refractivity contribution in [2.24, 2.45) is 11.8 Å². The van der Waals surface area contributed by atoms with E-state index in [1.165, 1.54) is 0 Å². The van der Waals surface area contributed by atoms with Crippen LogP contribution in [0.25, 0.3) is 0 Å². The van der Waals surface area contributed by atoms with Crippen molar-refractivity contribution in [1.29, 1.82) is 0 Å². The van der Waals surface area contributed by atoms with Crippen LogP contribution in [0, 0.1) is 11.8 Å². The summed E-state index contributed by atoms with van der Waals surface area (Å²) < 4.78 is 10.2. The van der Waals surface area contributed by atoms with E-state index in [0.717, 1.165) is 13.2 Å². The quantitative estimate of drug-likeness (QED) is 0.474. The van der Waals surface area contributed by atoms with Crippen LogP contribution < -0.4 is 0 Å². The van der Waals surface area contributed by atoms with E-state index in [-0.39, 0.29) is 0 Å². The van der Waals surface area contributed by atoms with Gasteiger partial charge in [0, 0.05) is 17.2 Å². The van der Waals surface area contributed by atoms with E-state index >= 15 is 0 Å². The second-order valence-electron chi connectivity index (χ2n) is 2.63. The van der Waals surface area contributed by atoms with Crippen molar-refractivity contribution in [2.45, 2.75) is 5.38 Å². The third kappa shape index (κ3) is 0.955. The highest BCUT2D eigenvalue weighted by molar-refractivity contribution is 6.23. The van der Waals surface area contributed by atoms with E-state index < -0.39 is 0 Å². The van der Waals surface area contributed by atoms with Gasteiger partial charge in [-0.3, -0.25) is 0 Å². The van der Waals surface area contributed by atoms with Crippen LogP contribution >= 0.6 is 11.6 Å². The van der Waals surface area contributed by atoms with Gasteiger partial charge in [-0.15, -0.1) is 11.6 Å². The van der Waals surface area contributed by atoms with Gasteiger partial charge in [0.1, 0.15) is 6.79 Å². The molecular formula is C6H9ClO2. The number of alkyl halides is 1. The first kappa shape index (κ1) is 5.96. The fourth-order valence-electron chi connectivity index (χ4n) is 1.26. The fraction of sp³-hybridized carbons (Fsp3) is 1.00. The monoisotopic (exact) mass is 148 g/mol. The number of rotatable bonds is 0. The van der Waals surface area contributed by atoms with Gasteiger partial charge >= 0.3 is 0 Å². The number of hydrogen-bond donors (Lipinski definition) is 0. The van der Waals surface area contributed by atoms with Gasteiger partial charge in [-0.05, 0) is 0 Å². The zero-order chi connectivity index (χ0) is 6.27. The maximum atomic E-state index is 5.87. The van der Waals surface area contributed by atoms with Gasteiger partial charge in [0.25, 0.3) is 0 Å². The van der Waals surface area contributed by atoms with Gasteiger partial charge in [0.05, 0.1) is 13.2 Å². The van der Waals surface area contributed by atoms with E-state index in [2.05, 4.69) is 0 Å². The lowest BCUT2D eigenvalue weighted by Crippen LogP contribution is -2.01. The molecule has 1 heterocycles. The average Bonchev–Trinajstić information content (AvgIpc) is 2.51. The molecule has 1 saturated carbocycles. The third-order valence-electron chi connectivity index (χ3n) is 2.01. The predicted octanol–water partition coefficient (Wildman–Crippen LogP) is 0.844. The molecule has 2 fully saturated rings. The lowest BCUT2D eigenvalue weighted by Gasteiger charge is -1.99. The first-order chi connectivity index (χ1) is 4.39. The van der Waals surface area contributed by atoms with Crippen molar-refractivity contribution >= 4 is 11.6 Å². The first-order valence-corrected chi connectivity index (χ1v) is 3.63. The molecule has 1 unspecified atom stereocenters. The summed E-state index contributed by atoms with van der Waals surface area (Å²) >= 11 is 5.87. The van der Waals surface area contributed by atoms with Gasteiger partial charge in [-0.2, -0.15) is 0 Å². The van der Waals surface area contributed by atoms with Crippen LogP contribution in [-0.2, 0) is 9.47 Å². The lowest BCUT2D eigenvalue weighted by atomic mass is 10.3. The number of fused-ring (bicyclic) bond motifs is 1. The highest BCUT2D eigenvalue weighted by Crippen LogP contribution is 2.45. The van der Waals surface area contributed by atoms with Crippen LogP contribution in [0.2, 0.25) is 0 Å². The van der Waals surface area contributed by atoms with Crippen LogP contribution in [0.4, 0.5) is 0 Å². The summed E-state index contributed by atoms with van der Waals surface area (Å²) in [7, 11) is 0. The molecule has 2 rings (SSSR count). The van der Waals surface area contributed by atoms with Crippen LogP contribution in [-0.4, -0.2) is 25.4 Å². The molecule has 9 heavy (non-hydrogen) atoms. The van der Waals surface area contributed by atoms with Crippen molar-refractivity contribution in [2.75, 3.05) is 20.0 Å². The van der Waals surface area contributed by atoms with Crippen LogP contribution in [0.3, 0.4) is 0 Å². The maximum Gasteiger partial charge on any atom is 0.146 e. The summed E-state index contributed by atoms with van der Waals surface area (Å²) in [6.45, 7) is 2.04. The molecule has 3 heteroatoms. The number of ether oxygens (including phenoxy) is 2. The van der Waals surface area contributed by atoms with Crippen LogP contribution in [0.1, 0.15) is 0 Å². The summed E-state index contributed by atoms with van der Waals surface area (Å²) in [5, 5.41) is 0.324. The van der Waals surface area contributed by atoms with Crippen molar-refractivity contribution < 1.29 is 9.47 Å². The normalized spacial score (nSPS) is 49.7. The molecule has 0 aromatic heterocycles. The standard InChI is InChI=1S/C6H9ClO2/c7-6-4-1-8-3-9-2-5(4)6/h4-6H,1-3H2/t4-,5+,6?. The Hall–Kier alpha value is 0.210. The molecule has 0 radical (unpaired) electrons. The Kier molecular flexibility index (Phi) is 1.40. The van der Waals surface area contributed by atoms with Gasteiger partial charge in [0.2, 0.25) is 0 Å². The van der Waals surface area contributed by atoms with Gasteiger partial charge in [-0.1, -0.05) is 0 Å². The Balaban J connectivity index is 1.93. The van der Waals surface area contributed by atoms with Gasteiger partial charge in [0.15, 0.2) is 0 Å². The predicted molar refractivity (Wildman–Crippen MR) is 33.4 cm³/mol. The van der Waals surface area contributed by atoms with E-state index in [9.17, 15) is 0 Å². The average molecular weight is 149 g/mol. The van der Waals surface area contributed by atoms with Crippen molar-refractivity contribution in [3.63, 3.8) is 0 Å². The Bertz CT molecular complexity index is 106. The van der Waals surface area contributed by atoms with E-state index in [4.69, 9.17) is 21.1 Å². The molecule has 2 nitrogen and oxygen atoms in total. The van der Waals surface area contributed by atoms with Crippen molar-refractivity contribution in [3.05, 3.63) is 0 Å². The molecule has 1 saturated heterocycles. The van der Waals surface area contributed by atoms with Crippen molar-refractivity contribution in [1.82, 2.24) is 0 Å². The fourth-order valence-corrected chi connectivity index (χ4v) is 1.69. The molecule has 0 aromatic carbocycles. The Morgan fingerprint density at radius 3 is 2.22 bits per heavy atom. The zero-order valence-electron chi connectivity index (χ0n) is 5.05. The first-order valence-electron chi connectivity index (χ1n) is 3.19. The molecule has 2 aliphatic rings. The molecular weight excluding hydrogens is 140 g/mol. The Labute approximate surface area is 59.1 Å². The van der Waals surface area contributed by atoms with E-state index in [1.807, 2.05) is 0 Å². The summed E-state index contributed by atoms with van der Waals surface area (Å²) in [5.41, 5.74) is 0. The van der Waals surface area contributed by atoms with Crippen LogP contribution in [0.15, 0.2) is 0 Å². The largest absolute Gasteiger partial charge is 0.355 e. The minimum Gasteiger partial charge on any atom is -0.355 e. The summed E-state index contributed by atoms with van der Waals surface area (Å²) in [6.07, 6.45) is 0. The summed E-state index contributed by atoms with van der Waals surface area (Å²) in [5.74, 6) is 1.16. The van der Waals surface area contributed by atoms with E-state index in [0.29, 0.717) is 24.0 Å². The molecule has 3 atom stereocenters. The van der Waals surface area contributed by atoms with Gasteiger partial charge in [-0.25, -0.2) is 0 Å². The van der Waals surface area contributed by atoms with E-state index in [1.54, 1.807) is 0 Å². The number of halogens is 1. The molecule has 0 N–H and O–H groups in total. The summed E-state index contributed by atoms with van der Waals surface area (Å²) in [4.78, 5) is 0. The minimum absolute atomic E-state index is 0.324. The minimum atomic E-state index is 0.324. The number of hydrogen-bond acceptors (Lipinski definition) is 2. The molecule has 0 spiro atoms. The lowest BCUT2D eigenvalue weighted by molar-refractivity contribution is -0.0418. The second kappa shape index (κ2) is 2.11. The molecule has 1 aliphatic heterocycles.